The number of hydrogen-bond donors (Lipinski definition) is 0. The maximum atomic E-state index is 6.19. The van der Waals surface area contributed by atoms with Crippen LogP contribution in [0.4, 0.5) is 0 Å². The van der Waals surface area contributed by atoms with Gasteiger partial charge in [0, 0.05) is 6.61 Å². The second-order valence-electron chi connectivity index (χ2n) is 7.45. The van der Waals surface area contributed by atoms with Gasteiger partial charge >= 0.3 is 0 Å². The lowest BCUT2D eigenvalue weighted by Gasteiger charge is -2.45. The van der Waals surface area contributed by atoms with Crippen LogP contribution in [0.15, 0.2) is 0 Å². The molecule has 2 rings (SSSR count). The van der Waals surface area contributed by atoms with Gasteiger partial charge in [0.05, 0.1) is 21.1 Å². The first-order valence-electron chi connectivity index (χ1n) is 8.37. The average molecular weight is 261 g/mol. The molecule has 1 heterocycles. The maximum Gasteiger partial charge on any atom is 0.139 e. The van der Waals surface area contributed by atoms with Gasteiger partial charge in [0.1, 0.15) is 6.63 Å². The molecule has 2 fully saturated rings. The number of ether oxygens (including phenoxy) is 1. The minimum absolute atomic E-state index is 0.266. The summed E-state index contributed by atoms with van der Waals surface area (Å²) in [7, 11) is 4.63. The van der Waals surface area contributed by atoms with Crippen LogP contribution < -0.4 is 0 Å². The standard InChI is InChI=1S/C14H30B3NO/c1-3-18(17(15)16)10-8-13(2)9-11-19-14(12-13)6-4-5-7-14/h3-12,15-16H2,1-2H3. The highest BCUT2D eigenvalue weighted by Crippen LogP contribution is 2.48. The van der Waals surface area contributed by atoms with E-state index in [0.717, 1.165) is 6.61 Å². The first-order chi connectivity index (χ1) is 8.99. The van der Waals surface area contributed by atoms with Crippen LogP contribution >= 0.6 is 0 Å². The second-order valence-corrected chi connectivity index (χ2v) is 7.45. The summed E-state index contributed by atoms with van der Waals surface area (Å²) in [5.41, 5.74) is 0.771. The third-order valence-electron chi connectivity index (χ3n) is 5.52. The van der Waals surface area contributed by atoms with Gasteiger partial charge < -0.3 is 9.55 Å². The zero-order valence-electron chi connectivity index (χ0n) is 13.5. The summed E-state index contributed by atoms with van der Waals surface area (Å²) < 4.78 is 6.19. The molecule has 1 saturated heterocycles. The Morgan fingerprint density at radius 2 is 1.89 bits per heavy atom. The molecule has 1 spiro atoms. The van der Waals surface area contributed by atoms with E-state index in [4.69, 9.17) is 4.74 Å². The highest BCUT2D eigenvalue weighted by Gasteiger charge is 2.44. The molecular formula is C14H30B3NO. The minimum Gasteiger partial charge on any atom is -0.375 e. The lowest BCUT2D eigenvalue weighted by molar-refractivity contribution is -0.120. The highest BCUT2D eigenvalue weighted by atomic mass is 16.5. The summed E-state index contributed by atoms with van der Waals surface area (Å²) in [4.78, 5) is 2.60. The van der Waals surface area contributed by atoms with Crippen molar-refractivity contribution in [2.75, 3.05) is 19.7 Å². The van der Waals surface area contributed by atoms with Crippen LogP contribution in [0, 0.1) is 5.41 Å². The van der Waals surface area contributed by atoms with Crippen LogP contribution in [0.3, 0.4) is 0 Å². The van der Waals surface area contributed by atoms with Gasteiger partial charge in [-0.3, -0.25) is 0 Å². The Morgan fingerprint density at radius 1 is 1.21 bits per heavy atom. The van der Waals surface area contributed by atoms with Crippen LogP contribution in [0.25, 0.3) is 0 Å². The lowest BCUT2D eigenvalue weighted by atomic mass is 9.26. The molecule has 0 aromatic carbocycles. The number of nitrogens with zero attached hydrogens (tertiary/aromatic N) is 1. The van der Waals surface area contributed by atoms with Gasteiger partial charge in [-0.2, -0.15) is 0 Å². The second kappa shape index (κ2) is 6.26. The van der Waals surface area contributed by atoms with Crippen molar-refractivity contribution in [3.63, 3.8) is 0 Å². The van der Waals surface area contributed by atoms with Crippen molar-refractivity contribution >= 4 is 22.1 Å². The van der Waals surface area contributed by atoms with E-state index in [9.17, 15) is 0 Å². The Morgan fingerprint density at radius 3 is 2.47 bits per heavy atom. The average Bonchev–Trinajstić information content (AvgIpc) is 2.77. The number of hydrogen-bond acceptors (Lipinski definition) is 2. The first kappa shape index (κ1) is 15.5. The highest BCUT2D eigenvalue weighted by molar-refractivity contribution is 7.27. The maximum absolute atomic E-state index is 6.19. The Hall–Kier alpha value is 0.115. The molecule has 1 aliphatic carbocycles. The van der Waals surface area contributed by atoms with E-state index in [1.54, 1.807) is 0 Å². The van der Waals surface area contributed by atoms with Crippen molar-refractivity contribution in [3.05, 3.63) is 0 Å². The fraction of sp³-hybridized carbons (Fsp3) is 1.00. The Kier molecular flexibility index (Phi) is 5.11. The van der Waals surface area contributed by atoms with Crippen LogP contribution in [-0.4, -0.2) is 52.2 Å². The van der Waals surface area contributed by atoms with Crippen molar-refractivity contribution in [3.8, 4) is 0 Å². The predicted molar refractivity (Wildman–Crippen MR) is 89.2 cm³/mol. The van der Waals surface area contributed by atoms with E-state index in [1.165, 1.54) is 58.0 Å². The van der Waals surface area contributed by atoms with E-state index in [2.05, 4.69) is 34.1 Å². The molecule has 0 amide bonds. The fourth-order valence-electron chi connectivity index (χ4n) is 4.18. The molecule has 1 aliphatic heterocycles. The van der Waals surface area contributed by atoms with Crippen molar-refractivity contribution in [2.45, 2.75) is 64.4 Å². The molecule has 1 unspecified atom stereocenters. The van der Waals surface area contributed by atoms with Gasteiger partial charge in [-0.05, 0) is 50.6 Å². The molecule has 1 saturated carbocycles. The van der Waals surface area contributed by atoms with Gasteiger partial charge in [-0.1, -0.05) is 26.7 Å². The Labute approximate surface area is 121 Å². The van der Waals surface area contributed by atoms with Crippen molar-refractivity contribution < 1.29 is 4.74 Å². The van der Waals surface area contributed by atoms with E-state index in [1.807, 2.05) is 0 Å². The normalized spacial score (nSPS) is 30.1. The molecule has 0 radical (unpaired) electrons. The van der Waals surface area contributed by atoms with Crippen molar-refractivity contribution in [2.24, 2.45) is 5.41 Å². The van der Waals surface area contributed by atoms with E-state index < -0.39 is 0 Å². The van der Waals surface area contributed by atoms with Crippen LogP contribution in [0.5, 0.6) is 0 Å². The van der Waals surface area contributed by atoms with Crippen LogP contribution in [0.2, 0.25) is 0 Å². The van der Waals surface area contributed by atoms with Crippen molar-refractivity contribution in [1.29, 1.82) is 0 Å². The summed E-state index contributed by atoms with van der Waals surface area (Å²) in [6.07, 6.45) is 9.27. The SMILES string of the molecule is BB(B)N(CC)CCC1(C)CCOC2(CCCC2)C1. The van der Waals surface area contributed by atoms with Gasteiger partial charge in [0.25, 0.3) is 0 Å². The minimum atomic E-state index is 0.266. The Bertz CT molecular complexity index is 294. The zero-order chi connectivity index (χ0) is 13.9. The molecule has 106 valence electrons. The van der Waals surface area contributed by atoms with Crippen LogP contribution in [-0.2, 0) is 4.74 Å². The summed E-state index contributed by atoms with van der Waals surface area (Å²) in [5.74, 6) is 0. The fourth-order valence-corrected chi connectivity index (χ4v) is 4.18. The van der Waals surface area contributed by atoms with E-state index in [0.29, 0.717) is 12.0 Å². The third kappa shape index (κ3) is 3.82. The summed E-state index contributed by atoms with van der Waals surface area (Å²) in [6, 6.07) is 0. The molecule has 0 aromatic rings. The first-order valence-corrected chi connectivity index (χ1v) is 8.37. The van der Waals surface area contributed by atoms with E-state index in [-0.39, 0.29) is 5.60 Å². The van der Waals surface area contributed by atoms with Gasteiger partial charge in [-0.25, -0.2) is 0 Å². The molecule has 0 aromatic heterocycles. The van der Waals surface area contributed by atoms with E-state index >= 15 is 0 Å². The molecular weight excluding hydrogens is 231 g/mol. The summed E-state index contributed by atoms with van der Waals surface area (Å²) in [5, 5.41) is 0. The topological polar surface area (TPSA) is 12.5 Å². The molecule has 2 aliphatic rings. The molecule has 0 bridgehead atoms. The Balaban J connectivity index is 1.90. The molecule has 5 heteroatoms. The molecule has 2 nitrogen and oxygen atoms in total. The lowest BCUT2D eigenvalue weighted by Crippen LogP contribution is -2.46. The molecule has 1 atom stereocenters. The van der Waals surface area contributed by atoms with Crippen LogP contribution in [0.1, 0.15) is 58.8 Å². The third-order valence-corrected chi connectivity index (χ3v) is 5.52. The summed E-state index contributed by atoms with van der Waals surface area (Å²) >= 11 is 0. The quantitative estimate of drug-likeness (QED) is 0.686. The van der Waals surface area contributed by atoms with Gasteiger partial charge in [0.15, 0.2) is 0 Å². The number of rotatable bonds is 5. The smallest absolute Gasteiger partial charge is 0.139 e. The van der Waals surface area contributed by atoms with Crippen molar-refractivity contribution in [1.82, 2.24) is 4.81 Å². The zero-order valence-corrected chi connectivity index (χ0v) is 13.5. The summed E-state index contributed by atoms with van der Waals surface area (Å²) in [6.45, 7) is 8.88. The largest absolute Gasteiger partial charge is 0.375 e. The predicted octanol–water partition coefficient (Wildman–Crippen LogP) is 1.08. The molecule has 0 N–H and O–H groups in total. The molecule has 19 heavy (non-hydrogen) atoms. The van der Waals surface area contributed by atoms with Gasteiger partial charge in [0.2, 0.25) is 0 Å². The van der Waals surface area contributed by atoms with Gasteiger partial charge in [-0.15, -0.1) is 0 Å². The monoisotopic (exact) mass is 261 g/mol.